The Morgan fingerprint density at radius 3 is 1.60 bits per heavy atom. The molecule has 3 aromatic carbocycles. The first kappa shape index (κ1) is 92.2. The Morgan fingerprint density at radius 1 is 0.520 bits per heavy atom. The Hall–Kier alpha value is -14.0. The van der Waals surface area contributed by atoms with Crippen LogP contribution in [0.5, 0.6) is 17.2 Å². The van der Waals surface area contributed by atoms with E-state index in [4.69, 9.17) is 18.9 Å². The number of benzene rings is 3. The fraction of sp³-hybridized carbons (Fsp3) is 0.389. The fourth-order valence-corrected chi connectivity index (χ4v) is 14.6. The van der Waals surface area contributed by atoms with Gasteiger partial charge in [-0.05, 0) is 175 Å². The number of rotatable bonds is 37. The number of carbonyl (C=O) groups is 9. The molecule has 9 amide bonds. The van der Waals surface area contributed by atoms with E-state index in [1.807, 2.05) is 0 Å². The maximum atomic E-state index is 14.3. The number of aromatic nitrogens is 10. The highest BCUT2D eigenvalue weighted by molar-refractivity contribution is 6.09. The van der Waals surface area contributed by atoms with Gasteiger partial charge >= 0.3 is 0 Å². The Labute approximate surface area is 732 Å². The normalized spacial score (nSPS) is 13.2. The van der Waals surface area contributed by atoms with Gasteiger partial charge in [0.25, 0.3) is 41.0 Å². The third-order valence-electron chi connectivity index (χ3n) is 21.5. The van der Waals surface area contributed by atoms with E-state index in [0.29, 0.717) is 114 Å². The van der Waals surface area contributed by atoms with Gasteiger partial charge in [0.2, 0.25) is 29.4 Å². The van der Waals surface area contributed by atoms with Gasteiger partial charge < -0.3 is 114 Å². The summed E-state index contributed by atoms with van der Waals surface area (Å²) in [5.74, 6) is 10.7. The highest BCUT2D eigenvalue weighted by Crippen LogP contribution is 2.41. The van der Waals surface area contributed by atoms with Gasteiger partial charge in [-0.15, -0.1) is 0 Å². The van der Waals surface area contributed by atoms with E-state index >= 15 is 0 Å². The summed E-state index contributed by atoms with van der Waals surface area (Å²) in [6.45, 7) is 14.5. The molecule has 2 fully saturated rings. The molecular formula is C90H106FN21O15. The van der Waals surface area contributed by atoms with Crippen LogP contribution in [0.2, 0.25) is 0 Å². The number of likely N-dealkylation sites (tertiary alicyclic amines) is 2. The van der Waals surface area contributed by atoms with Gasteiger partial charge in [-0.2, -0.15) is 0 Å². The number of fused-ring (bicyclic) bond motifs is 1. The molecule has 11 N–H and O–H groups in total. The first-order chi connectivity index (χ1) is 60.9. The van der Waals surface area contributed by atoms with Crippen molar-refractivity contribution < 1.29 is 71.6 Å². The maximum Gasteiger partial charge on any atom is 0.291 e. The number of hydrogen-bond donors (Lipinski definition) is 11. The van der Waals surface area contributed by atoms with Crippen molar-refractivity contribution in [3.8, 4) is 52.1 Å². The van der Waals surface area contributed by atoms with Crippen LogP contribution in [0.15, 0.2) is 121 Å². The molecule has 2 aliphatic heterocycles. The monoisotopic (exact) mass is 1740 g/mol. The number of H-pyrrole nitrogens is 1. The summed E-state index contributed by atoms with van der Waals surface area (Å²) in [7, 11) is 9.69. The van der Waals surface area contributed by atoms with Gasteiger partial charge in [0.15, 0.2) is 17.5 Å². The zero-order valence-corrected chi connectivity index (χ0v) is 72.6. The number of imidazole rings is 3. The third kappa shape index (κ3) is 25.2. The number of aromatic amines is 1. The van der Waals surface area contributed by atoms with Crippen LogP contribution in [0, 0.1) is 55.2 Å². The fourth-order valence-electron chi connectivity index (χ4n) is 14.6. The molecule has 668 valence electrons. The number of anilines is 5. The van der Waals surface area contributed by atoms with Crippen LogP contribution in [0.3, 0.4) is 0 Å². The second-order valence-electron chi connectivity index (χ2n) is 31.8. The molecule has 127 heavy (non-hydrogen) atoms. The topological polar surface area (TPSA) is 427 Å². The largest absolute Gasteiger partial charge is 0.491 e. The van der Waals surface area contributed by atoms with Crippen LogP contribution in [-0.2, 0) is 71.7 Å². The number of aryl methyl sites for hydroxylation is 8. The summed E-state index contributed by atoms with van der Waals surface area (Å²) in [6.07, 6.45) is 14.3. The molecule has 0 saturated carbocycles. The number of halogens is 1. The second-order valence-corrected chi connectivity index (χ2v) is 31.8. The van der Waals surface area contributed by atoms with Crippen molar-refractivity contribution in [1.29, 1.82) is 0 Å². The van der Waals surface area contributed by atoms with E-state index in [0.717, 1.165) is 58.4 Å². The number of ether oxygens (including phenoxy) is 4. The Kier molecular flexibility index (Phi) is 30.9. The first-order valence-electron chi connectivity index (χ1n) is 41.8. The molecule has 0 spiro atoms. The molecule has 2 saturated heterocycles. The van der Waals surface area contributed by atoms with E-state index in [-0.39, 0.29) is 119 Å². The molecule has 0 aliphatic carbocycles. The van der Waals surface area contributed by atoms with Crippen molar-refractivity contribution >= 4 is 92.8 Å². The number of aliphatic hydroxyl groups is 1. The van der Waals surface area contributed by atoms with Crippen LogP contribution in [-0.4, -0.2) is 214 Å². The minimum absolute atomic E-state index is 0.00989. The van der Waals surface area contributed by atoms with Gasteiger partial charge in [-0.25, -0.2) is 19.3 Å². The number of carbonyl (C=O) groups excluding carboxylic acids is 9. The Bertz CT molecular complexity index is 5880. The average molecular weight is 1740 g/mol. The molecule has 7 aromatic heterocycles. The van der Waals surface area contributed by atoms with Crippen molar-refractivity contribution in [3.63, 3.8) is 0 Å². The molecule has 0 unspecified atom stereocenters. The number of pyridine rings is 1. The molecule has 12 rings (SSSR count). The summed E-state index contributed by atoms with van der Waals surface area (Å²) in [6, 6.07) is 19.5. The highest BCUT2D eigenvalue weighted by atomic mass is 19.1. The number of piperidine rings is 2. The minimum atomic E-state index is -1.22. The molecule has 0 radical (unpaired) electrons. The Morgan fingerprint density at radius 2 is 1.04 bits per heavy atom. The molecule has 0 bridgehead atoms. The lowest BCUT2D eigenvalue weighted by atomic mass is 9.93. The van der Waals surface area contributed by atoms with E-state index in [1.165, 1.54) is 71.9 Å². The number of nitrogens with zero attached hydrogens (tertiary/aromatic N) is 11. The Balaban J connectivity index is 0.459. The van der Waals surface area contributed by atoms with Crippen molar-refractivity contribution in [2.45, 2.75) is 78.2 Å². The maximum absolute atomic E-state index is 14.3. The summed E-state index contributed by atoms with van der Waals surface area (Å²) in [4.78, 5) is 151. The van der Waals surface area contributed by atoms with Gasteiger partial charge in [-0.1, -0.05) is 17.9 Å². The number of amides is 9. The van der Waals surface area contributed by atoms with Crippen LogP contribution in [0.4, 0.5) is 33.1 Å². The molecule has 10 aromatic rings. The summed E-state index contributed by atoms with van der Waals surface area (Å²) in [5.41, 5.74) is 3.23. The van der Waals surface area contributed by atoms with E-state index < -0.39 is 52.9 Å². The standard InChI is InChI=1S/C90H106FN21O15/c1-56-45-61(91)46-57(2)79(56)127-72-20-15-60(90(3,4)123)47-66(72)68-53-110(10)89(122)78-67(68)50-69(100-78)83(116)97-62-16-18-65(19-17-62)126-44-43-125-42-41-124-40-39-112-35-26-59(27-36-112)14-12-11-13-58-24-33-111(34-25-58)38-32-92-75(113)21-28-96-86(119)81-103-73(54-108(81)8)101-76(114)22-29-95-85(118)71-49-64(52-107(71)7)99-88(121)82-104-74(55-109(82)9)102-77(115)23-30-94-84(117)70-48-63(51-106(70)6)98-87(120)80-93-31-37-105(80)5/h15-20,31,37,45-55,58-59,100,123H,21-30,32-36,38-44H2,1-10H3,(H,92,113)(H,94,117)(H,95,118)(H,96,119)(H,97,116)(H,98,120)(H,99,121)(H,101,114)(H,102,115). The number of hydrogen-bond acceptors (Lipinski definition) is 20. The smallest absolute Gasteiger partial charge is 0.291 e. The van der Waals surface area contributed by atoms with Gasteiger partial charge in [0.05, 0.1) is 43.4 Å². The molecule has 37 heteroatoms. The average Bonchev–Trinajstić information content (AvgIpc) is 1.66. The molecule has 0 atom stereocenters. The lowest BCUT2D eigenvalue weighted by Crippen LogP contribution is -2.40. The van der Waals surface area contributed by atoms with Crippen molar-refractivity contribution in [1.82, 2.24) is 78.4 Å². The lowest BCUT2D eigenvalue weighted by Gasteiger charge is -2.29. The van der Waals surface area contributed by atoms with Crippen LogP contribution in [0.25, 0.3) is 22.0 Å². The van der Waals surface area contributed by atoms with E-state index in [1.54, 1.807) is 142 Å². The molecule has 36 nitrogen and oxygen atoms in total. The van der Waals surface area contributed by atoms with E-state index in [9.17, 15) is 57.4 Å². The van der Waals surface area contributed by atoms with Gasteiger partial charge in [0, 0.05) is 178 Å². The van der Waals surface area contributed by atoms with Crippen LogP contribution in [0.1, 0.15) is 139 Å². The predicted octanol–water partition coefficient (Wildman–Crippen LogP) is 7.24. The molecular weight excluding hydrogens is 1630 g/mol. The first-order valence-corrected chi connectivity index (χ1v) is 41.8. The second kappa shape index (κ2) is 42.6. The highest BCUT2D eigenvalue weighted by Gasteiger charge is 2.28. The third-order valence-corrected chi connectivity index (χ3v) is 21.5. The lowest BCUT2D eigenvalue weighted by molar-refractivity contribution is -0.121. The van der Waals surface area contributed by atoms with E-state index in [2.05, 4.69) is 101 Å². The zero-order valence-electron chi connectivity index (χ0n) is 72.6. The van der Waals surface area contributed by atoms with Gasteiger partial charge in [0.1, 0.15) is 52.3 Å². The SMILES string of the molecule is Cc1cc(F)cc(C)c1Oc1ccc(C(C)(C)O)cc1-c1cn(C)c(=O)c2[nH]c(C(=O)Nc3ccc(OCCOCCOCCN4CCC(C#CC#CC5CCN(CCNC(=O)CCNC(=O)c6nc(NC(=O)CCNC(=O)c7cc(NC(=O)c8nc(NC(=O)CCNC(=O)c9cc(NC(=O)c%10nccn%10C)cn9C)cn8C)cn7C)cn6C)CC5)CC4)cc3)cc12. The predicted molar refractivity (Wildman–Crippen MR) is 473 cm³/mol. The van der Waals surface area contributed by atoms with Crippen LogP contribution >= 0.6 is 0 Å². The molecule has 9 heterocycles. The van der Waals surface area contributed by atoms with Crippen molar-refractivity contribution in [3.05, 3.63) is 184 Å². The number of nitrogens with one attached hydrogen (secondary N) is 10. The van der Waals surface area contributed by atoms with Gasteiger partial charge in [-0.3, -0.25) is 47.9 Å². The summed E-state index contributed by atoms with van der Waals surface area (Å²) >= 11 is 0. The van der Waals surface area contributed by atoms with Crippen molar-refractivity contribution in [2.24, 2.45) is 54.1 Å². The summed E-state index contributed by atoms with van der Waals surface area (Å²) < 4.78 is 47.1. The van der Waals surface area contributed by atoms with Crippen LogP contribution < -0.4 is 62.9 Å². The quantitative estimate of drug-likeness (QED) is 0.0135. The molecule has 2 aliphatic rings. The summed E-state index contributed by atoms with van der Waals surface area (Å²) in [5, 5.41) is 36.0. The van der Waals surface area contributed by atoms with Crippen molar-refractivity contribution in [2.75, 3.05) is 125 Å². The minimum Gasteiger partial charge on any atom is -0.491 e. The zero-order chi connectivity index (χ0) is 90.6.